The first kappa shape index (κ1) is 9.77. The number of benzene rings is 1. The molecular weight excluding hydrogens is 186 g/mol. The first-order chi connectivity index (χ1) is 7.18. The molecule has 2 rings (SSSR count). The zero-order valence-electron chi connectivity index (χ0n) is 9.01. The van der Waals surface area contributed by atoms with Crippen molar-refractivity contribution in [2.45, 2.75) is 19.9 Å². The van der Waals surface area contributed by atoms with Crippen LogP contribution in [-0.4, -0.2) is 9.55 Å². The number of nitrogen functional groups attached to an aromatic ring is 1. The van der Waals surface area contributed by atoms with Crippen LogP contribution < -0.4 is 5.73 Å². The molecule has 1 unspecified atom stereocenters. The Balaban J connectivity index is 2.36. The van der Waals surface area contributed by atoms with Gasteiger partial charge < -0.3 is 10.3 Å². The summed E-state index contributed by atoms with van der Waals surface area (Å²) in [6, 6.07) is 8.24. The van der Waals surface area contributed by atoms with E-state index in [9.17, 15) is 0 Å². The lowest BCUT2D eigenvalue weighted by molar-refractivity contribution is 0.619. The Morgan fingerprint density at radius 3 is 2.80 bits per heavy atom. The maximum Gasteiger partial charge on any atom is 0.106 e. The second-order valence-electron chi connectivity index (χ2n) is 3.73. The molecule has 0 saturated heterocycles. The predicted molar refractivity (Wildman–Crippen MR) is 61.6 cm³/mol. The molecule has 1 aromatic carbocycles. The summed E-state index contributed by atoms with van der Waals surface area (Å²) < 4.78 is 2.13. The number of anilines is 1. The van der Waals surface area contributed by atoms with Crippen molar-refractivity contribution in [3.05, 3.63) is 48.0 Å². The van der Waals surface area contributed by atoms with Gasteiger partial charge in [-0.2, -0.15) is 0 Å². The lowest BCUT2D eigenvalue weighted by Gasteiger charge is -2.15. The van der Waals surface area contributed by atoms with Crippen LogP contribution in [0.3, 0.4) is 0 Å². The molecule has 0 aliphatic rings. The number of imidazole rings is 1. The lowest BCUT2D eigenvalue weighted by atomic mass is 10.1. The van der Waals surface area contributed by atoms with Crippen molar-refractivity contribution >= 4 is 5.69 Å². The van der Waals surface area contributed by atoms with Gasteiger partial charge in [-0.1, -0.05) is 12.1 Å². The molecule has 2 aromatic rings. The van der Waals surface area contributed by atoms with Crippen molar-refractivity contribution in [3.63, 3.8) is 0 Å². The Hall–Kier alpha value is -1.77. The molecule has 2 N–H and O–H groups in total. The average molecular weight is 201 g/mol. The number of nitrogens with zero attached hydrogens (tertiary/aromatic N) is 2. The van der Waals surface area contributed by atoms with Gasteiger partial charge in [-0.15, -0.1) is 0 Å². The van der Waals surface area contributed by atoms with E-state index in [1.54, 1.807) is 0 Å². The van der Waals surface area contributed by atoms with Crippen LogP contribution in [0.1, 0.15) is 24.4 Å². The average Bonchev–Trinajstić information content (AvgIpc) is 2.63. The largest absolute Gasteiger partial charge is 0.399 e. The van der Waals surface area contributed by atoms with Crippen LogP contribution in [0.4, 0.5) is 5.69 Å². The Morgan fingerprint density at radius 1 is 1.40 bits per heavy atom. The molecular formula is C12H15N3. The van der Waals surface area contributed by atoms with E-state index >= 15 is 0 Å². The zero-order valence-corrected chi connectivity index (χ0v) is 9.01. The Morgan fingerprint density at radius 2 is 2.20 bits per heavy atom. The molecule has 3 nitrogen and oxygen atoms in total. The molecule has 0 spiro atoms. The third-order valence-electron chi connectivity index (χ3n) is 2.67. The highest BCUT2D eigenvalue weighted by molar-refractivity contribution is 5.41. The standard InChI is InChI=1S/C12H15N3/c1-9(15-7-6-14-10(15)2)11-4-3-5-12(13)8-11/h3-9H,13H2,1-2H3. The van der Waals surface area contributed by atoms with Gasteiger partial charge in [-0.25, -0.2) is 4.98 Å². The quantitative estimate of drug-likeness (QED) is 0.758. The number of hydrogen-bond donors (Lipinski definition) is 1. The predicted octanol–water partition coefficient (Wildman–Crippen LogP) is 2.38. The van der Waals surface area contributed by atoms with Crippen LogP contribution >= 0.6 is 0 Å². The fourth-order valence-corrected chi connectivity index (χ4v) is 1.78. The summed E-state index contributed by atoms with van der Waals surface area (Å²) in [5.74, 6) is 1.02. The fourth-order valence-electron chi connectivity index (χ4n) is 1.78. The number of nitrogens with two attached hydrogens (primary N) is 1. The van der Waals surface area contributed by atoms with Crippen molar-refractivity contribution in [1.29, 1.82) is 0 Å². The van der Waals surface area contributed by atoms with E-state index in [1.165, 1.54) is 5.56 Å². The second kappa shape index (κ2) is 3.77. The normalized spacial score (nSPS) is 12.7. The molecule has 1 atom stereocenters. The molecule has 0 aliphatic carbocycles. The van der Waals surface area contributed by atoms with Gasteiger partial charge in [0.1, 0.15) is 5.82 Å². The molecule has 78 valence electrons. The number of aryl methyl sites for hydroxylation is 1. The third-order valence-corrected chi connectivity index (χ3v) is 2.67. The van der Waals surface area contributed by atoms with Crippen LogP contribution in [0, 0.1) is 6.92 Å². The van der Waals surface area contributed by atoms with Gasteiger partial charge in [0.15, 0.2) is 0 Å². The monoisotopic (exact) mass is 201 g/mol. The van der Waals surface area contributed by atoms with E-state index in [-0.39, 0.29) is 6.04 Å². The number of hydrogen-bond acceptors (Lipinski definition) is 2. The number of rotatable bonds is 2. The van der Waals surface area contributed by atoms with Crippen molar-refractivity contribution in [2.75, 3.05) is 5.73 Å². The van der Waals surface area contributed by atoms with Gasteiger partial charge in [0.2, 0.25) is 0 Å². The maximum absolute atomic E-state index is 5.76. The Bertz CT molecular complexity index is 459. The minimum Gasteiger partial charge on any atom is -0.399 e. The maximum atomic E-state index is 5.76. The van der Waals surface area contributed by atoms with Gasteiger partial charge in [0.05, 0.1) is 6.04 Å². The first-order valence-corrected chi connectivity index (χ1v) is 5.03. The van der Waals surface area contributed by atoms with Crippen molar-refractivity contribution < 1.29 is 0 Å². The molecule has 0 aliphatic heterocycles. The SMILES string of the molecule is Cc1nccn1C(C)c1cccc(N)c1. The van der Waals surface area contributed by atoms with Crippen molar-refractivity contribution in [3.8, 4) is 0 Å². The molecule has 0 amide bonds. The van der Waals surface area contributed by atoms with Gasteiger partial charge in [0.25, 0.3) is 0 Å². The molecule has 3 heteroatoms. The smallest absolute Gasteiger partial charge is 0.106 e. The fraction of sp³-hybridized carbons (Fsp3) is 0.250. The van der Waals surface area contributed by atoms with Crippen molar-refractivity contribution in [2.24, 2.45) is 0 Å². The zero-order chi connectivity index (χ0) is 10.8. The molecule has 1 aromatic heterocycles. The summed E-state index contributed by atoms with van der Waals surface area (Å²) in [4.78, 5) is 4.22. The summed E-state index contributed by atoms with van der Waals surface area (Å²) in [5.41, 5.74) is 7.77. The summed E-state index contributed by atoms with van der Waals surface area (Å²) in [6.07, 6.45) is 3.81. The van der Waals surface area contributed by atoms with Crippen LogP contribution in [0.2, 0.25) is 0 Å². The summed E-state index contributed by atoms with van der Waals surface area (Å²) >= 11 is 0. The van der Waals surface area contributed by atoms with Crippen LogP contribution in [-0.2, 0) is 0 Å². The summed E-state index contributed by atoms with van der Waals surface area (Å²) in [7, 11) is 0. The minimum atomic E-state index is 0.274. The Labute approximate surface area is 89.6 Å². The molecule has 1 heterocycles. The molecule has 0 radical (unpaired) electrons. The first-order valence-electron chi connectivity index (χ1n) is 5.03. The summed E-state index contributed by atoms with van der Waals surface area (Å²) in [5, 5.41) is 0. The Kier molecular flexibility index (Phi) is 2.46. The highest BCUT2D eigenvalue weighted by atomic mass is 15.1. The van der Waals surface area contributed by atoms with E-state index in [2.05, 4.69) is 22.5 Å². The molecule has 0 fully saturated rings. The van der Waals surface area contributed by atoms with E-state index in [4.69, 9.17) is 5.73 Å². The molecule has 0 bridgehead atoms. The van der Waals surface area contributed by atoms with Crippen LogP contribution in [0.25, 0.3) is 0 Å². The van der Waals surface area contributed by atoms with Crippen molar-refractivity contribution in [1.82, 2.24) is 9.55 Å². The van der Waals surface area contributed by atoms with Gasteiger partial charge in [-0.05, 0) is 31.5 Å². The van der Waals surface area contributed by atoms with Gasteiger partial charge >= 0.3 is 0 Å². The van der Waals surface area contributed by atoms with Gasteiger partial charge in [0, 0.05) is 18.1 Å². The van der Waals surface area contributed by atoms with E-state index in [0.29, 0.717) is 0 Å². The van der Waals surface area contributed by atoms with Gasteiger partial charge in [-0.3, -0.25) is 0 Å². The molecule has 15 heavy (non-hydrogen) atoms. The minimum absolute atomic E-state index is 0.274. The topological polar surface area (TPSA) is 43.8 Å². The number of aromatic nitrogens is 2. The molecule has 0 saturated carbocycles. The highest BCUT2D eigenvalue weighted by Crippen LogP contribution is 2.20. The van der Waals surface area contributed by atoms with Crippen LogP contribution in [0.5, 0.6) is 0 Å². The highest BCUT2D eigenvalue weighted by Gasteiger charge is 2.09. The lowest BCUT2D eigenvalue weighted by Crippen LogP contribution is -2.07. The third kappa shape index (κ3) is 1.86. The van der Waals surface area contributed by atoms with E-state index in [0.717, 1.165) is 11.5 Å². The second-order valence-corrected chi connectivity index (χ2v) is 3.73. The van der Waals surface area contributed by atoms with Crippen LogP contribution in [0.15, 0.2) is 36.7 Å². The summed E-state index contributed by atoms with van der Waals surface area (Å²) in [6.45, 7) is 4.15. The van der Waals surface area contributed by atoms with E-state index < -0.39 is 0 Å². The van der Waals surface area contributed by atoms with E-state index in [1.807, 2.05) is 37.5 Å².